The molecule has 0 bridgehead atoms. The molecule has 0 spiro atoms. The van der Waals surface area contributed by atoms with Gasteiger partial charge in [0, 0.05) is 15.6 Å². The number of Topliss-reactive ketones (excluding diaryl/α,β-unsaturated/α-hetero) is 1. The van der Waals surface area contributed by atoms with Crippen LogP contribution in [0, 0.1) is 3.57 Å². The monoisotopic (exact) mass is 302 g/mol. The summed E-state index contributed by atoms with van der Waals surface area (Å²) in [6.07, 6.45) is 1.52. The van der Waals surface area contributed by atoms with E-state index in [1.165, 1.54) is 0 Å². The smallest absolute Gasteiger partial charge is 0.164 e. The van der Waals surface area contributed by atoms with Crippen LogP contribution in [-0.4, -0.2) is 12.4 Å². The van der Waals surface area contributed by atoms with Gasteiger partial charge in [-0.1, -0.05) is 0 Å². The quantitative estimate of drug-likeness (QED) is 0.785. The maximum atomic E-state index is 11.5. The van der Waals surface area contributed by atoms with Crippen molar-refractivity contribution in [2.75, 3.05) is 6.61 Å². The van der Waals surface area contributed by atoms with E-state index >= 15 is 0 Å². The largest absolute Gasteiger partial charge is 0.494 e. The van der Waals surface area contributed by atoms with Gasteiger partial charge in [-0.3, -0.25) is 4.79 Å². The van der Waals surface area contributed by atoms with Crippen LogP contribution in [0.5, 0.6) is 5.75 Å². The molecule has 0 saturated carbocycles. The predicted molar refractivity (Wildman–Crippen MR) is 63.0 cm³/mol. The number of hydrogen-bond acceptors (Lipinski definition) is 2. The van der Waals surface area contributed by atoms with Gasteiger partial charge >= 0.3 is 0 Å². The fraction of sp³-hybridized carbons (Fsp3) is 0.364. The second kappa shape index (κ2) is 3.88. The SMILES string of the molecule is CCOc1cc(I)c2c(c1)CCC2=O. The van der Waals surface area contributed by atoms with Crippen molar-refractivity contribution in [3.63, 3.8) is 0 Å². The van der Waals surface area contributed by atoms with Gasteiger partial charge in [-0.15, -0.1) is 0 Å². The molecular weight excluding hydrogens is 291 g/mol. The number of fused-ring (bicyclic) bond motifs is 1. The molecule has 0 fully saturated rings. The summed E-state index contributed by atoms with van der Waals surface area (Å²) in [5.74, 6) is 1.15. The molecule has 0 aromatic heterocycles. The maximum absolute atomic E-state index is 11.5. The van der Waals surface area contributed by atoms with E-state index < -0.39 is 0 Å². The highest BCUT2D eigenvalue weighted by Crippen LogP contribution is 2.30. The Morgan fingerprint density at radius 1 is 1.43 bits per heavy atom. The summed E-state index contributed by atoms with van der Waals surface area (Å²) in [5, 5.41) is 0. The molecule has 0 amide bonds. The Bertz CT molecular complexity index is 385. The van der Waals surface area contributed by atoms with Crippen LogP contribution >= 0.6 is 22.6 Å². The molecule has 0 unspecified atom stereocenters. The molecular formula is C11H11IO2. The number of carbonyl (C=O) groups is 1. The summed E-state index contributed by atoms with van der Waals surface area (Å²) < 4.78 is 6.45. The minimum atomic E-state index is 0.271. The Labute approximate surface area is 96.8 Å². The van der Waals surface area contributed by atoms with Crippen LogP contribution in [0.3, 0.4) is 0 Å². The normalized spacial score (nSPS) is 14.3. The maximum Gasteiger partial charge on any atom is 0.164 e. The van der Waals surface area contributed by atoms with Crippen molar-refractivity contribution in [3.8, 4) is 5.75 Å². The zero-order valence-corrected chi connectivity index (χ0v) is 10.1. The highest BCUT2D eigenvalue weighted by molar-refractivity contribution is 14.1. The molecule has 14 heavy (non-hydrogen) atoms. The third kappa shape index (κ3) is 1.65. The molecule has 0 atom stereocenters. The summed E-state index contributed by atoms with van der Waals surface area (Å²) in [7, 11) is 0. The van der Waals surface area contributed by atoms with Crippen LogP contribution in [0.4, 0.5) is 0 Å². The van der Waals surface area contributed by atoms with E-state index in [1.54, 1.807) is 0 Å². The molecule has 3 heteroatoms. The van der Waals surface area contributed by atoms with Gasteiger partial charge in [0.25, 0.3) is 0 Å². The van der Waals surface area contributed by atoms with Crippen molar-refractivity contribution < 1.29 is 9.53 Å². The molecule has 1 aromatic carbocycles. The summed E-state index contributed by atoms with van der Waals surface area (Å²) >= 11 is 2.21. The fourth-order valence-electron chi connectivity index (χ4n) is 1.77. The van der Waals surface area contributed by atoms with Crippen LogP contribution in [0.2, 0.25) is 0 Å². The van der Waals surface area contributed by atoms with Crippen LogP contribution in [0.1, 0.15) is 29.3 Å². The Balaban J connectivity index is 2.46. The number of halogens is 1. The Hall–Kier alpha value is -0.580. The van der Waals surface area contributed by atoms with E-state index in [4.69, 9.17) is 4.74 Å². The van der Waals surface area contributed by atoms with Crippen molar-refractivity contribution in [2.45, 2.75) is 19.8 Å². The number of benzene rings is 1. The number of hydrogen-bond donors (Lipinski definition) is 0. The number of rotatable bonds is 2. The lowest BCUT2D eigenvalue weighted by molar-refractivity contribution is 0.0994. The third-order valence-corrected chi connectivity index (χ3v) is 3.21. The summed E-state index contributed by atoms with van der Waals surface area (Å²) in [6, 6.07) is 3.93. The Morgan fingerprint density at radius 3 is 2.93 bits per heavy atom. The first kappa shape index (κ1) is 9.96. The van der Waals surface area contributed by atoms with Gasteiger partial charge in [-0.2, -0.15) is 0 Å². The van der Waals surface area contributed by atoms with E-state index in [0.29, 0.717) is 13.0 Å². The molecule has 0 saturated heterocycles. The number of aryl methyl sites for hydroxylation is 1. The van der Waals surface area contributed by atoms with Crippen molar-refractivity contribution in [2.24, 2.45) is 0 Å². The molecule has 1 aromatic rings. The second-order valence-electron chi connectivity index (χ2n) is 3.30. The first-order valence-electron chi connectivity index (χ1n) is 4.70. The molecule has 2 rings (SSSR count). The Morgan fingerprint density at radius 2 is 2.21 bits per heavy atom. The summed E-state index contributed by atoms with van der Waals surface area (Å²) in [4.78, 5) is 11.5. The minimum Gasteiger partial charge on any atom is -0.494 e. The van der Waals surface area contributed by atoms with E-state index in [1.807, 2.05) is 19.1 Å². The number of ether oxygens (including phenoxy) is 1. The first-order valence-corrected chi connectivity index (χ1v) is 5.78. The van der Waals surface area contributed by atoms with Crippen molar-refractivity contribution in [3.05, 3.63) is 26.8 Å². The highest BCUT2D eigenvalue weighted by atomic mass is 127. The predicted octanol–water partition coefficient (Wildman–Crippen LogP) is 2.82. The van der Waals surface area contributed by atoms with Crippen LogP contribution in [0.15, 0.2) is 12.1 Å². The molecule has 74 valence electrons. The van der Waals surface area contributed by atoms with E-state index in [0.717, 1.165) is 26.9 Å². The van der Waals surface area contributed by atoms with Gasteiger partial charge in [-0.25, -0.2) is 0 Å². The third-order valence-electron chi connectivity index (χ3n) is 2.36. The van der Waals surface area contributed by atoms with Gasteiger partial charge < -0.3 is 4.74 Å². The lowest BCUT2D eigenvalue weighted by Crippen LogP contribution is -1.98. The standard InChI is InChI=1S/C11H11IO2/c1-2-14-8-5-7-3-4-10(13)11(7)9(12)6-8/h5-6H,2-4H2,1H3. The second-order valence-corrected chi connectivity index (χ2v) is 4.46. The molecule has 0 aliphatic heterocycles. The van der Waals surface area contributed by atoms with Crippen LogP contribution in [-0.2, 0) is 6.42 Å². The lowest BCUT2D eigenvalue weighted by Gasteiger charge is -2.07. The number of ketones is 1. The molecule has 0 N–H and O–H groups in total. The Kier molecular flexibility index (Phi) is 2.76. The lowest BCUT2D eigenvalue weighted by atomic mass is 10.1. The van der Waals surface area contributed by atoms with Gasteiger partial charge in [0.15, 0.2) is 5.78 Å². The van der Waals surface area contributed by atoms with Gasteiger partial charge in [0.05, 0.1) is 6.61 Å². The van der Waals surface area contributed by atoms with Gasteiger partial charge in [-0.05, 0) is 53.6 Å². The molecule has 1 aliphatic rings. The molecule has 0 radical (unpaired) electrons. The van der Waals surface area contributed by atoms with Crippen LogP contribution in [0.25, 0.3) is 0 Å². The summed E-state index contributed by atoms with van der Waals surface area (Å²) in [5.41, 5.74) is 2.06. The first-order chi connectivity index (χ1) is 6.72. The zero-order chi connectivity index (χ0) is 10.1. The van der Waals surface area contributed by atoms with Crippen molar-refractivity contribution >= 4 is 28.4 Å². The summed E-state index contributed by atoms with van der Waals surface area (Å²) in [6.45, 7) is 2.63. The molecule has 2 nitrogen and oxygen atoms in total. The van der Waals surface area contributed by atoms with Gasteiger partial charge in [0.1, 0.15) is 5.75 Å². The molecule has 0 heterocycles. The average molecular weight is 302 g/mol. The average Bonchev–Trinajstić information content (AvgIpc) is 2.48. The van der Waals surface area contributed by atoms with E-state index in [9.17, 15) is 4.79 Å². The number of carbonyl (C=O) groups excluding carboxylic acids is 1. The van der Waals surface area contributed by atoms with Gasteiger partial charge in [0.2, 0.25) is 0 Å². The fourth-order valence-corrected chi connectivity index (χ4v) is 2.72. The topological polar surface area (TPSA) is 26.3 Å². The van der Waals surface area contributed by atoms with Crippen molar-refractivity contribution in [1.82, 2.24) is 0 Å². The van der Waals surface area contributed by atoms with E-state index in [2.05, 4.69) is 22.6 Å². The van der Waals surface area contributed by atoms with E-state index in [-0.39, 0.29) is 5.78 Å². The zero-order valence-electron chi connectivity index (χ0n) is 7.97. The highest BCUT2D eigenvalue weighted by Gasteiger charge is 2.22. The minimum absolute atomic E-state index is 0.271. The van der Waals surface area contributed by atoms with Crippen LogP contribution < -0.4 is 4.74 Å². The molecule has 1 aliphatic carbocycles. The van der Waals surface area contributed by atoms with Crippen molar-refractivity contribution in [1.29, 1.82) is 0 Å².